The maximum Gasteiger partial charge on any atom is 0.270 e. The van der Waals surface area contributed by atoms with E-state index in [9.17, 15) is 9.59 Å². The highest BCUT2D eigenvalue weighted by Crippen LogP contribution is 2.22. The summed E-state index contributed by atoms with van der Waals surface area (Å²) in [7, 11) is 0. The van der Waals surface area contributed by atoms with Crippen molar-refractivity contribution in [1.29, 1.82) is 0 Å². The zero-order valence-electron chi connectivity index (χ0n) is 27.4. The number of hydrogen-bond donors (Lipinski definition) is 4. The van der Waals surface area contributed by atoms with E-state index < -0.39 is 0 Å². The molecule has 270 valence electrons. The Kier molecular flexibility index (Phi) is 20.5. The topological polar surface area (TPSA) is 148 Å². The number of fused-ring (bicyclic) bond motifs is 2. The Balaban J connectivity index is 0.000000410. The molecule has 0 fully saturated rings. The number of nitrogens with one attached hydrogen (secondary N) is 3. The maximum atomic E-state index is 12.4. The minimum atomic E-state index is -0.202. The molecular formula is C37H42Br2Cl2N8O2. The van der Waals surface area contributed by atoms with Crippen LogP contribution in [0.15, 0.2) is 107 Å². The smallest absolute Gasteiger partial charge is 0.270 e. The molecule has 6 aromatic rings. The first-order valence-corrected chi connectivity index (χ1v) is 16.8. The number of anilines is 2. The van der Waals surface area contributed by atoms with Gasteiger partial charge in [0.25, 0.3) is 5.91 Å². The monoisotopic (exact) mass is 858 g/mol. The van der Waals surface area contributed by atoms with E-state index in [0.717, 1.165) is 67.1 Å². The summed E-state index contributed by atoms with van der Waals surface area (Å²) in [6, 6.07) is 23.1. The average molecular weight is 862 g/mol. The van der Waals surface area contributed by atoms with Crippen LogP contribution < -0.4 is 21.7 Å². The molecule has 51 heavy (non-hydrogen) atoms. The van der Waals surface area contributed by atoms with Gasteiger partial charge in [-0.25, -0.2) is 9.97 Å². The normalized spacial score (nSPS) is 9.67. The number of carbonyl (C=O) groups is 2. The lowest BCUT2D eigenvalue weighted by molar-refractivity contribution is 0.0946. The van der Waals surface area contributed by atoms with Crippen molar-refractivity contribution in [2.45, 2.75) is 34.4 Å². The zero-order valence-corrected chi connectivity index (χ0v) is 32.2. The zero-order chi connectivity index (χ0) is 34.3. The van der Waals surface area contributed by atoms with Crippen LogP contribution in [0.2, 0.25) is 0 Å². The number of benzene rings is 2. The number of nitrogens with zero attached hydrogens (tertiary/aromatic N) is 4. The molecule has 6 rings (SSSR count). The van der Waals surface area contributed by atoms with E-state index in [1.165, 1.54) is 5.56 Å². The molecule has 0 aliphatic heterocycles. The molecule has 2 aromatic carbocycles. The Labute approximate surface area is 328 Å². The molecule has 0 aliphatic carbocycles. The van der Waals surface area contributed by atoms with Gasteiger partial charge in [0.15, 0.2) is 6.29 Å². The number of para-hydroxylation sites is 2. The number of halogens is 4. The Morgan fingerprint density at radius 2 is 1.24 bits per heavy atom. The molecule has 0 radical (unpaired) electrons. The van der Waals surface area contributed by atoms with Crippen LogP contribution in [0.4, 0.5) is 11.4 Å². The molecule has 0 spiro atoms. The maximum absolute atomic E-state index is 12.4. The highest BCUT2D eigenvalue weighted by Gasteiger charge is 2.11. The van der Waals surface area contributed by atoms with Crippen LogP contribution in [0.25, 0.3) is 21.8 Å². The molecule has 0 atom stereocenters. The second-order valence-electron chi connectivity index (χ2n) is 10.2. The van der Waals surface area contributed by atoms with E-state index in [1.807, 2.05) is 67.6 Å². The summed E-state index contributed by atoms with van der Waals surface area (Å²) in [5.41, 5.74) is 12.2. The van der Waals surface area contributed by atoms with Crippen molar-refractivity contribution >= 4 is 102 Å². The molecule has 5 N–H and O–H groups in total. The predicted octanol–water partition coefficient (Wildman–Crippen LogP) is 9.02. The summed E-state index contributed by atoms with van der Waals surface area (Å²) in [5, 5.41) is 11.3. The van der Waals surface area contributed by atoms with Crippen LogP contribution in [-0.2, 0) is 13.1 Å². The number of nitrogens with two attached hydrogens (primary N) is 1. The third-order valence-electron chi connectivity index (χ3n) is 6.91. The second-order valence-corrected chi connectivity index (χ2v) is 11.9. The summed E-state index contributed by atoms with van der Waals surface area (Å²) in [6.45, 7) is 6.94. The molecule has 14 heteroatoms. The van der Waals surface area contributed by atoms with Crippen molar-refractivity contribution in [1.82, 2.24) is 25.3 Å². The van der Waals surface area contributed by atoms with Crippen LogP contribution in [0.5, 0.6) is 0 Å². The molecule has 4 aromatic heterocycles. The fourth-order valence-corrected chi connectivity index (χ4v) is 5.46. The van der Waals surface area contributed by atoms with Gasteiger partial charge in [0.2, 0.25) is 0 Å². The first kappa shape index (κ1) is 44.8. The highest BCUT2D eigenvalue weighted by molar-refractivity contribution is 9.11. The Morgan fingerprint density at radius 1 is 0.725 bits per heavy atom. The molecule has 4 heterocycles. The van der Waals surface area contributed by atoms with E-state index in [4.69, 9.17) is 5.73 Å². The molecule has 0 aliphatic rings. The van der Waals surface area contributed by atoms with E-state index in [-0.39, 0.29) is 38.1 Å². The number of pyridine rings is 4. The first-order chi connectivity index (χ1) is 23.4. The molecule has 0 bridgehead atoms. The minimum absolute atomic E-state index is 0. The predicted molar refractivity (Wildman–Crippen MR) is 221 cm³/mol. The Hall–Kier alpha value is -4.20. The number of aldehydes is 1. The largest absolute Gasteiger partial charge is 0.385 e. The first-order valence-electron chi connectivity index (χ1n) is 15.3. The van der Waals surface area contributed by atoms with E-state index in [1.54, 1.807) is 36.9 Å². The van der Waals surface area contributed by atoms with Gasteiger partial charge in [-0.1, -0.05) is 43.8 Å². The molecule has 1 amide bonds. The highest BCUT2D eigenvalue weighted by atomic mass is 79.9. The van der Waals surface area contributed by atoms with Gasteiger partial charge in [-0.15, -0.1) is 24.8 Å². The van der Waals surface area contributed by atoms with Gasteiger partial charge >= 0.3 is 0 Å². The van der Waals surface area contributed by atoms with E-state index in [2.05, 4.69) is 74.7 Å². The van der Waals surface area contributed by atoms with Gasteiger partial charge in [0.1, 0.15) is 11.4 Å². The van der Waals surface area contributed by atoms with Crippen LogP contribution in [0.3, 0.4) is 0 Å². The van der Waals surface area contributed by atoms with Crippen LogP contribution >= 0.6 is 56.7 Å². The Bertz CT molecular complexity index is 2000. The van der Waals surface area contributed by atoms with Crippen molar-refractivity contribution in [3.63, 3.8) is 0 Å². The standard InChI is InChI=1S/C18H17BrN4O.C9H5BrN2O.C9H14N2.CH4.2ClH/c1-2-21-15-6-4-3-5-12(15)10-22-18(24)16-8-7-13-9-20-11-14(19)17(13)23-16;10-8-4-11-3-6-1-2-7(5-13)12-9(6)8;1-2-11-9-6-4-3-5-8(9)7-10;;;/h3-9,11,21H,2,10H2,1H3,(H,22,24);1-5H;3-6,11H,2,7,10H2,1H3;1H4;2*1H. The summed E-state index contributed by atoms with van der Waals surface area (Å²) in [4.78, 5) is 39.5. The fourth-order valence-electron chi connectivity index (χ4n) is 4.59. The van der Waals surface area contributed by atoms with E-state index in [0.29, 0.717) is 24.5 Å². The van der Waals surface area contributed by atoms with Crippen LogP contribution in [0, 0.1) is 0 Å². The lowest BCUT2D eigenvalue weighted by Gasteiger charge is -2.11. The summed E-state index contributed by atoms with van der Waals surface area (Å²) < 4.78 is 1.57. The summed E-state index contributed by atoms with van der Waals surface area (Å²) in [5.74, 6) is -0.202. The van der Waals surface area contributed by atoms with Crippen molar-refractivity contribution in [2.24, 2.45) is 5.73 Å². The SMILES string of the molecule is C.CCNc1ccccc1CN.CCNc1ccccc1CNC(=O)c1ccc2cncc(Br)c2n1.Cl.Cl.O=Cc1ccc2cncc(Br)c2n1. The van der Waals surface area contributed by atoms with Crippen LogP contribution in [0.1, 0.15) is 53.4 Å². The lowest BCUT2D eigenvalue weighted by Crippen LogP contribution is -2.24. The van der Waals surface area contributed by atoms with Gasteiger partial charge < -0.3 is 21.7 Å². The second kappa shape index (κ2) is 23.3. The van der Waals surface area contributed by atoms with Crippen molar-refractivity contribution in [3.05, 3.63) is 129 Å². The number of carbonyl (C=O) groups excluding carboxylic acids is 2. The number of rotatable bonds is 9. The van der Waals surface area contributed by atoms with Gasteiger partial charge in [-0.2, -0.15) is 0 Å². The Morgan fingerprint density at radius 3 is 1.78 bits per heavy atom. The van der Waals surface area contributed by atoms with Gasteiger partial charge in [-0.3, -0.25) is 19.6 Å². The number of amides is 1. The van der Waals surface area contributed by atoms with Gasteiger partial charge in [0, 0.05) is 73.1 Å². The molecular weight excluding hydrogens is 819 g/mol. The van der Waals surface area contributed by atoms with Gasteiger partial charge in [-0.05, 0) is 93.2 Å². The van der Waals surface area contributed by atoms with Crippen LogP contribution in [-0.4, -0.2) is 45.2 Å². The van der Waals surface area contributed by atoms with Crippen molar-refractivity contribution in [3.8, 4) is 0 Å². The summed E-state index contributed by atoms with van der Waals surface area (Å²) >= 11 is 6.74. The molecule has 0 saturated heterocycles. The fraction of sp³-hybridized carbons (Fsp3) is 0.189. The molecule has 0 saturated carbocycles. The van der Waals surface area contributed by atoms with Gasteiger partial charge in [0.05, 0.1) is 20.0 Å². The summed E-state index contributed by atoms with van der Waals surface area (Å²) in [6.07, 6.45) is 7.49. The third kappa shape index (κ3) is 12.8. The lowest BCUT2D eigenvalue weighted by atomic mass is 10.1. The number of hydrogen-bond acceptors (Lipinski definition) is 9. The van der Waals surface area contributed by atoms with Crippen molar-refractivity contribution in [2.75, 3.05) is 23.7 Å². The van der Waals surface area contributed by atoms with E-state index >= 15 is 0 Å². The van der Waals surface area contributed by atoms with Crippen molar-refractivity contribution < 1.29 is 9.59 Å². The third-order valence-corrected chi connectivity index (χ3v) is 8.07. The minimum Gasteiger partial charge on any atom is -0.385 e. The molecule has 10 nitrogen and oxygen atoms in total. The quantitative estimate of drug-likeness (QED) is 0.105. The average Bonchev–Trinajstić information content (AvgIpc) is 3.12. The molecule has 0 unspecified atom stereocenters. The number of aromatic nitrogens is 4.